The highest BCUT2D eigenvalue weighted by atomic mass is 35.5. The van der Waals surface area contributed by atoms with Gasteiger partial charge in [0, 0.05) is 28.2 Å². The maximum absolute atomic E-state index is 12.6. The minimum atomic E-state index is -0.418. The van der Waals surface area contributed by atoms with Gasteiger partial charge in [0.25, 0.3) is 11.8 Å². The molecule has 0 aliphatic rings. The lowest BCUT2D eigenvalue weighted by Gasteiger charge is -2.10. The van der Waals surface area contributed by atoms with Crippen LogP contribution in [-0.4, -0.2) is 23.9 Å². The van der Waals surface area contributed by atoms with Crippen molar-refractivity contribution in [3.8, 4) is 5.75 Å². The number of hydrogen-bond donors (Lipinski definition) is 2. The van der Waals surface area contributed by atoms with Gasteiger partial charge in [-0.1, -0.05) is 17.7 Å². The zero-order valence-electron chi connectivity index (χ0n) is 15.3. The standard InChI is InChI=1S/C21H18ClN3O3/c1-13-3-4-15(22)12-18(13)25-20(26)14-9-10-23-19(11-14)21(27)24-16-5-7-17(28-2)8-6-16/h3-12H,1-2H3,(H,24,27)(H,25,26). The largest absolute Gasteiger partial charge is 0.497 e. The summed E-state index contributed by atoms with van der Waals surface area (Å²) in [6, 6.07) is 15.1. The third kappa shape index (κ3) is 4.66. The van der Waals surface area contributed by atoms with Gasteiger partial charge in [-0.2, -0.15) is 0 Å². The van der Waals surface area contributed by atoms with Gasteiger partial charge in [0.05, 0.1) is 7.11 Å². The summed E-state index contributed by atoms with van der Waals surface area (Å²) in [5.74, 6) is -0.0869. The lowest BCUT2D eigenvalue weighted by Crippen LogP contribution is -2.17. The number of hydrogen-bond acceptors (Lipinski definition) is 4. The first-order valence-corrected chi connectivity index (χ1v) is 8.83. The van der Waals surface area contributed by atoms with E-state index in [0.717, 1.165) is 5.56 Å². The number of amides is 2. The van der Waals surface area contributed by atoms with Crippen LogP contribution in [-0.2, 0) is 0 Å². The molecule has 0 fully saturated rings. The quantitative estimate of drug-likeness (QED) is 0.663. The molecule has 0 unspecified atom stereocenters. The minimum absolute atomic E-state index is 0.131. The SMILES string of the molecule is COc1ccc(NC(=O)c2cc(C(=O)Nc3cc(Cl)ccc3C)ccn2)cc1. The number of benzene rings is 2. The number of pyridine rings is 1. The summed E-state index contributed by atoms with van der Waals surface area (Å²) in [5, 5.41) is 6.06. The Morgan fingerprint density at radius 3 is 2.43 bits per heavy atom. The van der Waals surface area contributed by atoms with E-state index in [4.69, 9.17) is 16.3 Å². The molecule has 2 N–H and O–H groups in total. The molecule has 28 heavy (non-hydrogen) atoms. The van der Waals surface area contributed by atoms with E-state index in [-0.39, 0.29) is 11.6 Å². The fraction of sp³-hybridized carbons (Fsp3) is 0.0952. The number of halogens is 1. The fourth-order valence-corrected chi connectivity index (χ4v) is 2.66. The van der Waals surface area contributed by atoms with Crippen molar-refractivity contribution in [2.45, 2.75) is 6.92 Å². The second kappa shape index (κ2) is 8.54. The number of nitrogens with one attached hydrogen (secondary N) is 2. The van der Waals surface area contributed by atoms with Gasteiger partial charge in [-0.05, 0) is 61.0 Å². The van der Waals surface area contributed by atoms with Crippen LogP contribution in [0.25, 0.3) is 0 Å². The normalized spacial score (nSPS) is 10.2. The third-order valence-corrected chi connectivity index (χ3v) is 4.29. The molecule has 0 bridgehead atoms. The number of anilines is 2. The molecule has 0 saturated carbocycles. The van der Waals surface area contributed by atoms with Crippen molar-refractivity contribution in [2.24, 2.45) is 0 Å². The molecule has 0 aliphatic heterocycles. The molecule has 3 aromatic rings. The maximum atomic E-state index is 12.6. The first-order chi connectivity index (χ1) is 13.5. The summed E-state index contributed by atoms with van der Waals surface area (Å²) in [6.45, 7) is 1.87. The average Bonchev–Trinajstić information content (AvgIpc) is 2.71. The van der Waals surface area contributed by atoms with E-state index >= 15 is 0 Å². The molecular weight excluding hydrogens is 378 g/mol. The Hall–Kier alpha value is -3.38. The van der Waals surface area contributed by atoms with Gasteiger partial charge in [0.2, 0.25) is 0 Å². The molecule has 0 saturated heterocycles. The maximum Gasteiger partial charge on any atom is 0.274 e. The van der Waals surface area contributed by atoms with E-state index in [9.17, 15) is 9.59 Å². The molecule has 2 amide bonds. The molecule has 142 valence electrons. The Kier molecular flexibility index (Phi) is 5.91. The number of nitrogens with zero attached hydrogens (tertiary/aromatic N) is 1. The van der Waals surface area contributed by atoms with Crippen molar-refractivity contribution in [1.82, 2.24) is 4.98 Å². The number of rotatable bonds is 5. The summed E-state index contributed by atoms with van der Waals surface area (Å²) in [4.78, 5) is 29.1. The highest BCUT2D eigenvalue weighted by Crippen LogP contribution is 2.21. The topological polar surface area (TPSA) is 80.3 Å². The highest BCUT2D eigenvalue weighted by molar-refractivity contribution is 6.31. The summed E-state index contributed by atoms with van der Waals surface area (Å²) in [5.41, 5.74) is 2.53. The molecule has 3 rings (SSSR count). The van der Waals surface area contributed by atoms with E-state index in [1.165, 1.54) is 12.3 Å². The first-order valence-electron chi connectivity index (χ1n) is 8.45. The molecule has 0 atom stereocenters. The molecule has 1 heterocycles. The molecule has 6 nitrogen and oxygen atoms in total. The van der Waals surface area contributed by atoms with Crippen LogP contribution in [0.1, 0.15) is 26.4 Å². The zero-order valence-corrected chi connectivity index (χ0v) is 16.1. The lowest BCUT2D eigenvalue weighted by molar-refractivity contribution is 0.102. The molecule has 0 spiro atoms. The van der Waals surface area contributed by atoms with Crippen LogP contribution >= 0.6 is 11.6 Å². The Morgan fingerprint density at radius 2 is 1.71 bits per heavy atom. The van der Waals surface area contributed by atoms with E-state index in [1.807, 2.05) is 13.0 Å². The van der Waals surface area contributed by atoms with E-state index < -0.39 is 5.91 Å². The van der Waals surface area contributed by atoms with Crippen molar-refractivity contribution < 1.29 is 14.3 Å². The highest BCUT2D eigenvalue weighted by Gasteiger charge is 2.13. The van der Waals surface area contributed by atoms with Crippen molar-refractivity contribution in [1.29, 1.82) is 0 Å². The van der Waals surface area contributed by atoms with Crippen molar-refractivity contribution >= 4 is 34.8 Å². The Bertz CT molecular complexity index is 1020. The number of methoxy groups -OCH3 is 1. The molecule has 0 aliphatic carbocycles. The van der Waals surface area contributed by atoms with E-state index in [1.54, 1.807) is 49.6 Å². The van der Waals surface area contributed by atoms with Gasteiger partial charge >= 0.3 is 0 Å². The van der Waals surface area contributed by atoms with Gasteiger partial charge in [-0.25, -0.2) is 0 Å². The Labute approximate surface area is 167 Å². The van der Waals surface area contributed by atoms with Crippen LogP contribution in [0.2, 0.25) is 5.02 Å². The van der Waals surface area contributed by atoms with Crippen molar-refractivity contribution in [2.75, 3.05) is 17.7 Å². The summed E-state index contributed by atoms with van der Waals surface area (Å²) >= 11 is 5.99. The van der Waals surface area contributed by atoms with Crippen molar-refractivity contribution in [3.63, 3.8) is 0 Å². The van der Waals surface area contributed by atoms with Crippen LogP contribution < -0.4 is 15.4 Å². The number of ether oxygens (including phenoxy) is 1. The summed E-state index contributed by atoms with van der Waals surface area (Å²) in [6.07, 6.45) is 1.42. The number of aryl methyl sites for hydroxylation is 1. The number of carbonyl (C=O) groups is 2. The molecule has 7 heteroatoms. The molecule has 2 aromatic carbocycles. The van der Waals surface area contributed by atoms with Crippen LogP contribution in [0, 0.1) is 6.92 Å². The zero-order chi connectivity index (χ0) is 20.1. The number of carbonyl (C=O) groups excluding carboxylic acids is 2. The predicted octanol–water partition coefficient (Wildman–Crippen LogP) is 4.56. The molecular formula is C21H18ClN3O3. The Balaban J connectivity index is 1.74. The van der Waals surface area contributed by atoms with Crippen LogP contribution in [0.15, 0.2) is 60.8 Å². The van der Waals surface area contributed by atoms with Crippen molar-refractivity contribution in [3.05, 3.63) is 82.6 Å². The predicted molar refractivity (Wildman–Crippen MR) is 109 cm³/mol. The van der Waals surface area contributed by atoms with Gasteiger partial charge in [-0.3, -0.25) is 14.6 Å². The van der Waals surface area contributed by atoms with E-state index in [0.29, 0.717) is 27.7 Å². The molecule has 1 aromatic heterocycles. The lowest BCUT2D eigenvalue weighted by atomic mass is 10.1. The van der Waals surface area contributed by atoms with Gasteiger partial charge in [0.15, 0.2) is 0 Å². The molecule has 0 radical (unpaired) electrons. The van der Waals surface area contributed by atoms with Gasteiger partial charge in [-0.15, -0.1) is 0 Å². The number of aromatic nitrogens is 1. The van der Waals surface area contributed by atoms with Gasteiger partial charge in [0.1, 0.15) is 11.4 Å². The van der Waals surface area contributed by atoms with Crippen LogP contribution in [0.5, 0.6) is 5.75 Å². The second-order valence-corrected chi connectivity index (χ2v) is 6.46. The van der Waals surface area contributed by atoms with E-state index in [2.05, 4.69) is 15.6 Å². The smallest absolute Gasteiger partial charge is 0.274 e. The second-order valence-electron chi connectivity index (χ2n) is 6.03. The first kappa shape index (κ1) is 19.4. The van der Waals surface area contributed by atoms with Crippen LogP contribution in [0.3, 0.4) is 0 Å². The van der Waals surface area contributed by atoms with Crippen LogP contribution in [0.4, 0.5) is 11.4 Å². The monoisotopic (exact) mass is 395 g/mol. The summed E-state index contributed by atoms with van der Waals surface area (Å²) < 4.78 is 5.09. The van der Waals surface area contributed by atoms with Gasteiger partial charge < -0.3 is 15.4 Å². The summed E-state index contributed by atoms with van der Waals surface area (Å²) in [7, 11) is 1.57. The average molecular weight is 396 g/mol. The fourth-order valence-electron chi connectivity index (χ4n) is 2.49. The Morgan fingerprint density at radius 1 is 0.964 bits per heavy atom. The third-order valence-electron chi connectivity index (χ3n) is 4.05. The minimum Gasteiger partial charge on any atom is -0.497 e.